The fourth-order valence-corrected chi connectivity index (χ4v) is 2.94. The maximum Gasteiger partial charge on any atom is 0.262 e. The Morgan fingerprint density at radius 2 is 1.64 bits per heavy atom. The van der Waals surface area contributed by atoms with E-state index in [4.69, 9.17) is 17.0 Å². The van der Waals surface area contributed by atoms with Crippen LogP contribution >= 0.6 is 12.2 Å². The summed E-state index contributed by atoms with van der Waals surface area (Å²) in [5, 5.41) is 10.7. The van der Waals surface area contributed by atoms with E-state index in [0.717, 1.165) is 0 Å². The van der Waals surface area contributed by atoms with Gasteiger partial charge in [0.2, 0.25) is 5.88 Å². The van der Waals surface area contributed by atoms with Crippen LogP contribution in [0, 0.1) is 4.77 Å². The van der Waals surface area contributed by atoms with Crippen molar-refractivity contribution < 1.29 is 9.84 Å². The first-order valence-corrected chi connectivity index (χ1v) is 8.73. The molecular weight excluding hydrogens is 376 g/mol. The zero-order valence-electron chi connectivity index (χ0n) is 14.4. The second-order valence-corrected chi connectivity index (χ2v) is 6.19. The Balaban J connectivity index is 1.72. The number of hydrogen-bond donors (Lipinski definition) is 2. The van der Waals surface area contributed by atoms with Crippen LogP contribution in [-0.2, 0) is 0 Å². The van der Waals surface area contributed by atoms with E-state index >= 15 is 0 Å². The topological polar surface area (TPSA) is 92.0 Å². The van der Waals surface area contributed by atoms with E-state index in [1.165, 1.54) is 23.1 Å². The summed E-state index contributed by atoms with van der Waals surface area (Å²) in [6.45, 7) is 0. The molecule has 2 N–H and O–H groups in total. The number of ether oxygens (including phenoxy) is 1. The molecule has 0 saturated heterocycles. The van der Waals surface area contributed by atoms with Crippen LogP contribution in [0.4, 0.5) is 0 Å². The predicted octanol–water partition coefficient (Wildman–Crippen LogP) is 3.85. The van der Waals surface area contributed by atoms with Gasteiger partial charge in [-0.15, -0.1) is 0 Å². The second-order valence-electron chi connectivity index (χ2n) is 5.80. The number of aromatic nitrogens is 2. The molecule has 138 valence electrons. The lowest BCUT2D eigenvalue weighted by Gasteiger charge is -2.12. The summed E-state index contributed by atoms with van der Waals surface area (Å²) in [6, 6.07) is 16.3. The molecule has 0 unspecified atom stereocenters. The van der Waals surface area contributed by atoms with E-state index in [9.17, 15) is 9.90 Å². The molecular formula is C20H14N4O3S. The van der Waals surface area contributed by atoms with Gasteiger partial charge in [0, 0.05) is 18.5 Å². The van der Waals surface area contributed by atoms with Crippen LogP contribution in [0.25, 0.3) is 11.8 Å². The van der Waals surface area contributed by atoms with E-state index in [1.807, 2.05) is 30.3 Å². The summed E-state index contributed by atoms with van der Waals surface area (Å²) < 4.78 is 7.19. The summed E-state index contributed by atoms with van der Waals surface area (Å²) in [7, 11) is 0. The lowest BCUT2D eigenvalue weighted by molar-refractivity contribution is 0.431. The summed E-state index contributed by atoms with van der Waals surface area (Å²) in [4.78, 5) is 22.8. The van der Waals surface area contributed by atoms with Crippen molar-refractivity contribution in [3.05, 3.63) is 81.1 Å². The maximum atomic E-state index is 12.2. The molecule has 2 heterocycles. The van der Waals surface area contributed by atoms with Gasteiger partial charge in [-0.1, -0.05) is 18.2 Å². The summed E-state index contributed by atoms with van der Waals surface area (Å²) >= 11 is 5.23. The molecule has 1 aliphatic rings. The Morgan fingerprint density at radius 1 is 1.00 bits per heavy atom. The first-order valence-electron chi connectivity index (χ1n) is 8.32. The van der Waals surface area contributed by atoms with E-state index < -0.39 is 5.56 Å². The molecule has 0 radical (unpaired) electrons. The average Bonchev–Trinajstić information content (AvgIpc) is 3.20. The van der Waals surface area contributed by atoms with E-state index in [1.54, 1.807) is 24.3 Å². The van der Waals surface area contributed by atoms with Crippen molar-refractivity contribution in [3.8, 4) is 23.1 Å². The molecule has 7 nitrogen and oxygen atoms in total. The predicted molar refractivity (Wildman–Crippen MR) is 110 cm³/mol. The minimum Gasteiger partial charge on any atom is -0.494 e. The van der Waals surface area contributed by atoms with Crippen LogP contribution in [0.2, 0.25) is 0 Å². The van der Waals surface area contributed by atoms with E-state index in [-0.39, 0.29) is 16.2 Å². The highest BCUT2D eigenvalue weighted by Gasteiger charge is 2.14. The maximum absolute atomic E-state index is 12.2. The highest BCUT2D eigenvalue weighted by atomic mass is 32.1. The Bertz CT molecular complexity index is 1210. The van der Waals surface area contributed by atoms with Gasteiger partial charge in [-0.2, -0.15) is 0 Å². The highest BCUT2D eigenvalue weighted by molar-refractivity contribution is 7.71. The molecule has 2 aromatic carbocycles. The molecule has 0 atom stereocenters. The van der Waals surface area contributed by atoms with Gasteiger partial charge in [-0.3, -0.25) is 14.3 Å². The van der Waals surface area contributed by atoms with Gasteiger partial charge in [-0.25, -0.2) is 9.98 Å². The largest absolute Gasteiger partial charge is 0.494 e. The van der Waals surface area contributed by atoms with Crippen LogP contribution in [0.3, 0.4) is 0 Å². The standard InChI is InChI=1S/C20H14N4O3S/c25-18-16(12-17-21-10-11-22-17)19(26)24(20(28)23-18)13-6-8-15(9-7-13)27-14-4-2-1-3-5-14/h1-12,26H,(H,23,25,28). The SMILES string of the molecule is O=c1[nH]c(=S)n(-c2ccc(Oc3ccccc3)cc2)c(O)c1C=C1N=CC=N1. The molecule has 3 aromatic rings. The molecule has 1 aliphatic heterocycles. The second kappa shape index (κ2) is 7.45. The number of rotatable bonds is 4. The van der Waals surface area contributed by atoms with Crippen molar-refractivity contribution >= 4 is 30.7 Å². The van der Waals surface area contributed by atoms with E-state index in [0.29, 0.717) is 23.0 Å². The lowest BCUT2D eigenvalue weighted by atomic mass is 10.2. The Hall–Kier alpha value is -3.78. The number of benzene rings is 2. The molecule has 0 bridgehead atoms. The number of nitrogens with one attached hydrogen (secondary N) is 1. The summed E-state index contributed by atoms with van der Waals surface area (Å²) in [5.41, 5.74) is 0.0641. The molecule has 0 aliphatic carbocycles. The number of nitrogens with zero attached hydrogens (tertiary/aromatic N) is 3. The van der Waals surface area contributed by atoms with Crippen molar-refractivity contribution in [3.63, 3.8) is 0 Å². The third kappa shape index (κ3) is 3.53. The minimum atomic E-state index is -0.521. The summed E-state index contributed by atoms with van der Waals surface area (Å²) in [6.07, 6.45) is 4.39. The van der Waals surface area contributed by atoms with Gasteiger partial charge in [0.05, 0.1) is 5.69 Å². The molecule has 0 spiro atoms. The molecule has 1 aromatic heterocycles. The van der Waals surface area contributed by atoms with Gasteiger partial charge in [0.25, 0.3) is 5.56 Å². The summed E-state index contributed by atoms with van der Waals surface area (Å²) in [5.74, 6) is 1.36. The number of para-hydroxylation sites is 1. The first kappa shape index (κ1) is 17.6. The van der Waals surface area contributed by atoms with Crippen molar-refractivity contribution in [2.24, 2.45) is 9.98 Å². The quantitative estimate of drug-likeness (QED) is 0.662. The van der Waals surface area contributed by atoms with Gasteiger partial charge in [0.1, 0.15) is 17.1 Å². The van der Waals surface area contributed by atoms with Gasteiger partial charge in [-0.05, 0) is 48.6 Å². The van der Waals surface area contributed by atoms with Crippen molar-refractivity contribution in [1.82, 2.24) is 9.55 Å². The van der Waals surface area contributed by atoms with Crippen LogP contribution in [0.15, 0.2) is 75.2 Å². The average molecular weight is 390 g/mol. The van der Waals surface area contributed by atoms with Gasteiger partial charge < -0.3 is 9.84 Å². The molecule has 8 heteroatoms. The zero-order valence-corrected chi connectivity index (χ0v) is 15.3. The smallest absolute Gasteiger partial charge is 0.262 e. The minimum absolute atomic E-state index is 0.0180. The number of hydrogen-bond acceptors (Lipinski definition) is 6. The van der Waals surface area contributed by atoms with Crippen molar-refractivity contribution in [2.45, 2.75) is 0 Å². The van der Waals surface area contributed by atoms with E-state index in [2.05, 4.69) is 15.0 Å². The van der Waals surface area contributed by atoms with Crippen molar-refractivity contribution in [2.75, 3.05) is 0 Å². The first-order chi connectivity index (χ1) is 13.6. The number of aliphatic imine (C=N–C) groups is 2. The van der Waals surface area contributed by atoms with Crippen molar-refractivity contribution in [1.29, 1.82) is 0 Å². The Morgan fingerprint density at radius 3 is 2.32 bits per heavy atom. The van der Waals surface area contributed by atoms with Crippen LogP contribution in [0.5, 0.6) is 17.4 Å². The third-order valence-corrected chi connectivity index (χ3v) is 4.23. The normalized spacial score (nSPS) is 12.4. The lowest BCUT2D eigenvalue weighted by Crippen LogP contribution is -2.16. The molecule has 28 heavy (non-hydrogen) atoms. The molecule has 0 saturated carbocycles. The zero-order chi connectivity index (χ0) is 19.5. The fourth-order valence-electron chi connectivity index (χ4n) is 2.65. The monoisotopic (exact) mass is 390 g/mol. The Kier molecular flexibility index (Phi) is 4.69. The van der Waals surface area contributed by atoms with Crippen LogP contribution < -0.4 is 10.3 Å². The Labute approximate surface area is 164 Å². The molecule has 0 fully saturated rings. The fraction of sp³-hybridized carbons (Fsp3) is 0. The van der Waals surface area contributed by atoms with Crippen LogP contribution in [-0.4, -0.2) is 27.1 Å². The van der Waals surface area contributed by atoms with Gasteiger partial charge in [0.15, 0.2) is 10.6 Å². The highest BCUT2D eigenvalue weighted by Crippen LogP contribution is 2.26. The third-order valence-electron chi connectivity index (χ3n) is 3.95. The van der Waals surface area contributed by atoms with Crippen LogP contribution in [0.1, 0.15) is 5.56 Å². The molecule has 4 rings (SSSR count). The number of aromatic hydroxyl groups is 1. The number of H-pyrrole nitrogens is 1. The molecule has 0 amide bonds. The van der Waals surface area contributed by atoms with Gasteiger partial charge >= 0.3 is 0 Å². The number of aromatic amines is 1.